The summed E-state index contributed by atoms with van der Waals surface area (Å²) in [5.74, 6) is 1.09. The Morgan fingerprint density at radius 1 is 1.25 bits per heavy atom. The topological polar surface area (TPSA) is 44.4 Å². The summed E-state index contributed by atoms with van der Waals surface area (Å²) in [7, 11) is 0. The van der Waals surface area contributed by atoms with Crippen molar-refractivity contribution in [1.82, 2.24) is 15.5 Å². The van der Waals surface area contributed by atoms with Gasteiger partial charge in [0.2, 0.25) is 5.91 Å². The predicted molar refractivity (Wildman–Crippen MR) is 62.1 cm³/mol. The summed E-state index contributed by atoms with van der Waals surface area (Å²) in [4.78, 5) is 13.6. The Bertz CT molecular complexity index is 263. The number of nitrogens with zero attached hydrogens (tertiary/aromatic N) is 1. The van der Waals surface area contributed by atoms with Gasteiger partial charge in [-0.1, -0.05) is 0 Å². The van der Waals surface area contributed by atoms with Crippen LogP contribution in [0.15, 0.2) is 0 Å². The third-order valence-corrected chi connectivity index (χ3v) is 4.37. The highest BCUT2D eigenvalue weighted by molar-refractivity contribution is 5.76. The first-order chi connectivity index (χ1) is 7.81. The third-order valence-electron chi connectivity index (χ3n) is 4.37. The average molecular weight is 223 g/mol. The van der Waals surface area contributed by atoms with Gasteiger partial charge in [0.05, 0.1) is 0 Å². The Hall–Kier alpha value is -0.610. The first kappa shape index (κ1) is 10.5. The fourth-order valence-corrected chi connectivity index (χ4v) is 3.33. The van der Waals surface area contributed by atoms with Crippen LogP contribution in [0.2, 0.25) is 0 Å². The van der Waals surface area contributed by atoms with Gasteiger partial charge in [-0.05, 0) is 38.3 Å². The molecule has 2 unspecified atom stereocenters. The lowest BCUT2D eigenvalue weighted by molar-refractivity contribution is -0.122. The fraction of sp³-hybridized carbons (Fsp3) is 0.917. The number of hydrogen-bond donors (Lipinski definition) is 2. The highest BCUT2D eigenvalue weighted by Gasteiger charge is 2.35. The molecule has 4 heteroatoms. The van der Waals surface area contributed by atoms with Crippen molar-refractivity contribution >= 4 is 5.91 Å². The first-order valence-corrected chi connectivity index (χ1v) is 6.56. The lowest BCUT2D eigenvalue weighted by Crippen LogP contribution is -2.60. The van der Waals surface area contributed by atoms with Crippen molar-refractivity contribution in [3.8, 4) is 0 Å². The zero-order valence-corrected chi connectivity index (χ0v) is 9.74. The van der Waals surface area contributed by atoms with E-state index in [1.165, 1.54) is 32.5 Å². The average Bonchev–Trinajstić information content (AvgIpc) is 2.34. The molecule has 4 heterocycles. The molecule has 2 atom stereocenters. The maximum absolute atomic E-state index is 11.1. The molecule has 16 heavy (non-hydrogen) atoms. The van der Waals surface area contributed by atoms with Crippen molar-refractivity contribution in [3.63, 3.8) is 0 Å². The van der Waals surface area contributed by atoms with Gasteiger partial charge < -0.3 is 15.5 Å². The largest absolute Gasteiger partial charge is 0.355 e. The highest BCUT2D eigenvalue weighted by atomic mass is 16.1. The van der Waals surface area contributed by atoms with Crippen LogP contribution >= 0.6 is 0 Å². The van der Waals surface area contributed by atoms with E-state index in [0.29, 0.717) is 18.5 Å². The molecule has 90 valence electrons. The van der Waals surface area contributed by atoms with Gasteiger partial charge in [0, 0.05) is 31.6 Å². The van der Waals surface area contributed by atoms with Crippen molar-refractivity contribution in [2.45, 2.75) is 37.8 Å². The lowest BCUT2D eigenvalue weighted by atomic mass is 9.83. The molecular formula is C12H21N3O. The maximum Gasteiger partial charge on any atom is 0.220 e. The molecule has 0 saturated carbocycles. The number of amides is 1. The van der Waals surface area contributed by atoms with Gasteiger partial charge >= 0.3 is 0 Å². The van der Waals surface area contributed by atoms with Crippen LogP contribution in [0.5, 0.6) is 0 Å². The van der Waals surface area contributed by atoms with Crippen molar-refractivity contribution in [1.29, 1.82) is 0 Å². The first-order valence-electron chi connectivity index (χ1n) is 6.56. The van der Waals surface area contributed by atoms with Crippen molar-refractivity contribution in [2.75, 3.05) is 26.2 Å². The van der Waals surface area contributed by atoms with E-state index in [-0.39, 0.29) is 5.91 Å². The van der Waals surface area contributed by atoms with Gasteiger partial charge in [0.1, 0.15) is 0 Å². The quantitative estimate of drug-likeness (QED) is 0.690. The zero-order valence-electron chi connectivity index (χ0n) is 9.74. The van der Waals surface area contributed by atoms with E-state index in [9.17, 15) is 4.79 Å². The number of fused-ring (bicyclic) bond motifs is 3. The Labute approximate surface area is 96.8 Å². The van der Waals surface area contributed by atoms with Gasteiger partial charge in [-0.2, -0.15) is 0 Å². The Kier molecular flexibility index (Phi) is 2.86. The normalized spacial score (nSPS) is 43.1. The van der Waals surface area contributed by atoms with Crippen molar-refractivity contribution in [2.24, 2.45) is 5.92 Å². The third kappa shape index (κ3) is 2.09. The minimum Gasteiger partial charge on any atom is -0.355 e. The molecule has 4 nitrogen and oxygen atoms in total. The molecule has 1 amide bonds. The van der Waals surface area contributed by atoms with E-state index in [0.717, 1.165) is 18.9 Å². The maximum atomic E-state index is 11.1. The van der Waals surface area contributed by atoms with Gasteiger partial charge in [0.25, 0.3) is 0 Å². The Morgan fingerprint density at radius 2 is 2.06 bits per heavy atom. The second-order valence-corrected chi connectivity index (χ2v) is 5.45. The van der Waals surface area contributed by atoms with Crippen LogP contribution in [0.25, 0.3) is 0 Å². The van der Waals surface area contributed by atoms with Gasteiger partial charge in [-0.15, -0.1) is 0 Å². The van der Waals surface area contributed by atoms with E-state index in [4.69, 9.17) is 0 Å². The lowest BCUT2D eigenvalue weighted by Gasteiger charge is -2.46. The molecule has 0 aliphatic carbocycles. The van der Waals surface area contributed by atoms with E-state index in [1.807, 2.05) is 0 Å². The summed E-state index contributed by atoms with van der Waals surface area (Å²) in [6.45, 7) is 4.63. The van der Waals surface area contributed by atoms with E-state index < -0.39 is 0 Å². The molecule has 4 aliphatic heterocycles. The second kappa shape index (κ2) is 4.34. The SMILES string of the molecule is O=C1CCC(NC2CN3CCC2CC3)CN1. The number of hydrogen-bond acceptors (Lipinski definition) is 3. The molecule has 0 spiro atoms. The van der Waals surface area contributed by atoms with Crippen LogP contribution in [0, 0.1) is 5.92 Å². The van der Waals surface area contributed by atoms with Crippen LogP contribution < -0.4 is 10.6 Å². The van der Waals surface area contributed by atoms with Crippen molar-refractivity contribution < 1.29 is 4.79 Å². The minimum absolute atomic E-state index is 0.215. The Balaban J connectivity index is 1.53. The summed E-state index contributed by atoms with van der Waals surface area (Å²) >= 11 is 0. The van der Waals surface area contributed by atoms with Crippen molar-refractivity contribution in [3.05, 3.63) is 0 Å². The van der Waals surface area contributed by atoms with Gasteiger partial charge in [-0.25, -0.2) is 0 Å². The molecule has 4 aliphatic rings. The molecule has 2 N–H and O–H groups in total. The van der Waals surface area contributed by atoms with Crippen LogP contribution in [0.4, 0.5) is 0 Å². The number of rotatable bonds is 2. The van der Waals surface area contributed by atoms with E-state index in [2.05, 4.69) is 15.5 Å². The van der Waals surface area contributed by atoms with Crippen LogP contribution in [-0.2, 0) is 4.79 Å². The minimum atomic E-state index is 0.215. The number of nitrogens with one attached hydrogen (secondary N) is 2. The molecular weight excluding hydrogens is 202 g/mol. The molecule has 2 bridgehead atoms. The molecule has 0 aromatic carbocycles. The highest BCUT2D eigenvalue weighted by Crippen LogP contribution is 2.28. The zero-order chi connectivity index (χ0) is 11.0. The van der Waals surface area contributed by atoms with Crippen LogP contribution in [0.1, 0.15) is 25.7 Å². The number of piperidine rings is 4. The summed E-state index contributed by atoms with van der Waals surface area (Å²) in [6, 6.07) is 1.17. The Morgan fingerprint density at radius 3 is 2.62 bits per heavy atom. The fourth-order valence-electron chi connectivity index (χ4n) is 3.33. The smallest absolute Gasteiger partial charge is 0.220 e. The molecule has 0 radical (unpaired) electrons. The number of carbonyl (C=O) groups is 1. The summed E-state index contributed by atoms with van der Waals surface area (Å²) in [5, 5.41) is 6.70. The summed E-state index contributed by atoms with van der Waals surface area (Å²) < 4.78 is 0. The van der Waals surface area contributed by atoms with Gasteiger partial charge in [-0.3, -0.25) is 4.79 Å². The van der Waals surface area contributed by atoms with Crippen LogP contribution in [0.3, 0.4) is 0 Å². The molecule has 4 saturated heterocycles. The standard InChI is InChI=1S/C12H21N3O/c16-12-2-1-10(7-13-12)14-11-8-15-5-3-9(11)4-6-15/h9-11,14H,1-8H2,(H,13,16). The van der Waals surface area contributed by atoms with Crippen LogP contribution in [-0.4, -0.2) is 49.1 Å². The van der Waals surface area contributed by atoms with E-state index >= 15 is 0 Å². The van der Waals surface area contributed by atoms with Gasteiger partial charge in [0.15, 0.2) is 0 Å². The predicted octanol–water partition coefficient (Wildman–Crippen LogP) is -0.0512. The molecule has 0 aromatic heterocycles. The molecule has 0 aromatic rings. The summed E-state index contributed by atoms with van der Waals surface area (Å²) in [5.41, 5.74) is 0. The number of carbonyl (C=O) groups excluding carboxylic acids is 1. The summed E-state index contributed by atoms with van der Waals surface area (Å²) in [6.07, 6.45) is 4.42. The monoisotopic (exact) mass is 223 g/mol. The second-order valence-electron chi connectivity index (χ2n) is 5.45. The van der Waals surface area contributed by atoms with E-state index in [1.54, 1.807) is 0 Å². The molecule has 4 rings (SSSR count). The molecule has 4 fully saturated rings.